The maximum atomic E-state index is 13.4. The largest absolute Gasteiger partial charge is 0.449 e. The number of benzene rings is 2. The predicted molar refractivity (Wildman–Crippen MR) is 101 cm³/mol. The molecule has 0 bridgehead atoms. The van der Waals surface area contributed by atoms with Gasteiger partial charge >= 0.3 is 5.97 Å². The Kier molecular flexibility index (Phi) is 5.26. The van der Waals surface area contributed by atoms with Gasteiger partial charge < -0.3 is 14.5 Å². The number of ketones is 1. The molecule has 6 nitrogen and oxygen atoms in total. The summed E-state index contributed by atoms with van der Waals surface area (Å²) in [7, 11) is 0. The van der Waals surface area contributed by atoms with Crippen molar-refractivity contribution in [2.45, 2.75) is 26.9 Å². The highest BCUT2D eigenvalue weighted by Crippen LogP contribution is 2.27. The van der Waals surface area contributed by atoms with Crippen molar-refractivity contribution >= 4 is 34.3 Å². The number of carbonyl (C=O) groups is 3. The molecule has 0 aliphatic rings. The number of anilines is 1. The normalized spacial score (nSPS) is 11.9. The number of para-hydroxylation sites is 1. The Labute approximate surface area is 160 Å². The van der Waals surface area contributed by atoms with Crippen LogP contribution < -0.4 is 5.32 Å². The first kappa shape index (κ1) is 19.3. The number of nitrogens with one attached hydrogen (secondary N) is 1. The summed E-state index contributed by atoms with van der Waals surface area (Å²) >= 11 is 0. The van der Waals surface area contributed by atoms with E-state index in [9.17, 15) is 18.8 Å². The maximum absolute atomic E-state index is 13.4. The third-order valence-corrected chi connectivity index (χ3v) is 4.30. The van der Waals surface area contributed by atoms with Gasteiger partial charge in [0, 0.05) is 16.5 Å². The summed E-state index contributed by atoms with van der Waals surface area (Å²) in [6.45, 7) is 4.40. The van der Waals surface area contributed by atoms with Crippen LogP contribution in [0.3, 0.4) is 0 Å². The van der Waals surface area contributed by atoms with E-state index in [1.54, 1.807) is 31.2 Å². The lowest BCUT2D eigenvalue weighted by atomic mass is 10.1. The minimum atomic E-state index is -1.14. The van der Waals surface area contributed by atoms with Gasteiger partial charge in [-0.05, 0) is 51.1 Å². The summed E-state index contributed by atoms with van der Waals surface area (Å²) in [4.78, 5) is 36.4. The molecule has 1 aromatic heterocycles. The number of Topliss-reactive ketones (excluding diaryl/α,β-unsaturated/α-hetero) is 1. The quantitative estimate of drug-likeness (QED) is 0.525. The Morgan fingerprint density at radius 1 is 1.14 bits per heavy atom. The smallest absolute Gasteiger partial charge is 0.375 e. The summed E-state index contributed by atoms with van der Waals surface area (Å²) in [5.41, 5.74) is 1.45. The molecule has 1 heterocycles. The Bertz CT molecular complexity index is 1090. The minimum absolute atomic E-state index is 0.0932. The van der Waals surface area contributed by atoms with Crippen molar-refractivity contribution in [2.75, 3.05) is 5.32 Å². The first-order valence-corrected chi connectivity index (χ1v) is 8.58. The van der Waals surface area contributed by atoms with Gasteiger partial charge in [0.2, 0.25) is 5.76 Å². The van der Waals surface area contributed by atoms with Crippen molar-refractivity contribution in [3.05, 3.63) is 65.2 Å². The van der Waals surface area contributed by atoms with Crippen LogP contribution in [0.25, 0.3) is 11.0 Å². The molecule has 1 atom stereocenters. The van der Waals surface area contributed by atoms with Crippen molar-refractivity contribution in [3.63, 3.8) is 0 Å². The molecule has 0 radical (unpaired) electrons. The van der Waals surface area contributed by atoms with E-state index < -0.39 is 23.8 Å². The fraction of sp³-hybridized carbons (Fsp3) is 0.190. The van der Waals surface area contributed by atoms with Crippen LogP contribution in [0, 0.1) is 12.7 Å². The fourth-order valence-electron chi connectivity index (χ4n) is 2.79. The summed E-state index contributed by atoms with van der Waals surface area (Å²) in [6, 6.07) is 10.4. The zero-order valence-electron chi connectivity index (χ0n) is 15.5. The highest BCUT2D eigenvalue weighted by Gasteiger charge is 2.25. The van der Waals surface area contributed by atoms with Crippen LogP contribution in [0.1, 0.15) is 40.3 Å². The van der Waals surface area contributed by atoms with Gasteiger partial charge in [-0.2, -0.15) is 0 Å². The predicted octanol–water partition coefficient (Wildman–Crippen LogP) is 4.27. The Morgan fingerprint density at radius 2 is 1.86 bits per heavy atom. The number of hydrogen-bond donors (Lipinski definition) is 1. The van der Waals surface area contributed by atoms with Crippen LogP contribution >= 0.6 is 0 Å². The van der Waals surface area contributed by atoms with Gasteiger partial charge in [0.25, 0.3) is 5.91 Å². The van der Waals surface area contributed by atoms with Crippen LogP contribution in [-0.2, 0) is 9.53 Å². The van der Waals surface area contributed by atoms with Crippen molar-refractivity contribution in [3.8, 4) is 0 Å². The molecular weight excluding hydrogens is 365 g/mol. The summed E-state index contributed by atoms with van der Waals surface area (Å²) in [6.07, 6.45) is -1.14. The van der Waals surface area contributed by atoms with E-state index in [4.69, 9.17) is 9.15 Å². The van der Waals surface area contributed by atoms with E-state index in [-0.39, 0.29) is 11.5 Å². The zero-order chi connectivity index (χ0) is 20.4. The second kappa shape index (κ2) is 7.64. The zero-order valence-corrected chi connectivity index (χ0v) is 15.5. The maximum Gasteiger partial charge on any atom is 0.375 e. The van der Waals surface area contributed by atoms with Gasteiger partial charge in [-0.25, -0.2) is 9.18 Å². The van der Waals surface area contributed by atoms with E-state index in [1.807, 2.05) is 0 Å². The van der Waals surface area contributed by atoms with Crippen molar-refractivity contribution in [1.29, 1.82) is 0 Å². The third-order valence-electron chi connectivity index (χ3n) is 4.30. The fourth-order valence-corrected chi connectivity index (χ4v) is 2.79. The molecule has 1 amide bonds. The highest BCUT2D eigenvalue weighted by molar-refractivity contribution is 6.05. The highest BCUT2D eigenvalue weighted by atomic mass is 19.1. The standard InChI is InChI=1S/C21H18FNO5/c1-11-16-10-14(22)8-9-18(16)28-19(11)21(26)27-13(3)20(25)23-17-7-5-4-6-15(17)12(2)24/h4-10,13H,1-3H3,(H,23,25)/t13-/m0/s1. The minimum Gasteiger partial charge on any atom is -0.449 e. The Hall–Kier alpha value is -3.48. The molecule has 0 unspecified atom stereocenters. The molecule has 2 aromatic carbocycles. The summed E-state index contributed by atoms with van der Waals surface area (Å²) in [5.74, 6) is -2.18. The van der Waals surface area contributed by atoms with Crippen molar-refractivity contribution in [1.82, 2.24) is 0 Å². The second-order valence-electron chi connectivity index (χ2n) is 6.34. The summed E-state index contributed by atoms with van der Waals surface area (Å²) in [5, 5.41) is 3.04. The van der Waals surface area contributed by atoms with Crippen LogP contribution in [0.2, 0.25) is 0 Å². The molecular formula is C21H18FNO5. The van der Waals surface area contributed by atoms with Gasteiger partial charge in [-0.3, -0.25) is 9.59 Å². The second-order valence-corrected chi connectivity index (χ2v) is 6.34. The van der Waals surface area contributed by atoms with Crippen LogP contribution in [-0.4, -0.2) is 23.8 Å². The first-order chi connectivity index (χ1) is 13.3. The van der Waals surface area contributed by atoms with Crippen LogP contribution in [0.4, 0.5) is 10.1 Å². The number of esters is 1. The molecule has 28 heavy (non-hydrogen) atoms. The molecule has 3 rings (SSSR count). The van der Waals surface area contributed by atoms with E-state index in [0.717, 1.165) is 0 Å². The number of ether oxygens (including phenoxy) is 1. The molecule has 0 aliphatic heterocycles. The molecule has 144 valence electrons. The molecule has 0 aliphatic carbocycles. The van der Waals surface area contributed by atoms with E-state index >= 15 is 0 Å². The van der Waals surface area contributed by atoms with Gasteiger partial charge in [-0.1, -0.05) is 12.1 Å². The average Bonchev–Trinajstić information content (AvgIpc) is 2.98. The van der Waals surface area contributed by atoms with Gasteiger partial charge in [0.15, 0.2) is 11.9 Å². The van der Waals surface area contributed by atoms with Gasteiger partial charge in [0.1, 0.15) is 11.4 Å². The SMILES string of the molecule is CC(=O)c1ccccc1NC(=O)[C@H](C)OC(=O)c1oc2ccc(F)cc2c1C. The molecule has 0 saturated heterocycles. The van der Waals surface area contributed by atoms with Gasteiger partial charge in [-0.15, -0.1) is 0 Å². The molecule has 1 N–H and O–H groups in total. The molecule has 3 aromatic rings. The topological polar surface area (TPSA) is 85.6 Å². The number of rotatable bonds is 5. The number of amides is 1. The van der Waals surface area contributed by atoms with E-state index in [2.05, 4.69) is 5.32 Å². The lowest BCUT2D eigenvalue weighted by molar-refractivity contribution is -0.123. The van der Waals surface area contributed by atoms with Gasteiger partial charge in [0.05, 0.1) is 5.69 Å². The number of carbonyl (C=O) groups excluding carboxylic acids is 3. The first-order valence-electron chi connectivity index (χ1n) is 8.58. The average molecular weight is 383 g/mol. The number of furan rings is 1. The lowest BCUT2D eigenvalue weighted by Crippen LogP contribution is -2.30. The molecule has 0 spiro atoms. The monoisotopic (exact) mass is 383 g/mol. The number of fused-ring (bicyclic) bond motifs is 1. The Morgan fingerprint density at radius 3 is 2.57 bits per heavy atom. The third kappa shape index (κ3) is 3.78. The number of aryl methyl sites for hydroxylation is 1. The molecule has 0 fully saturated rings. The number of halogens is 1. The van der Waals surface area contributed by atoms with Crippen LogP contribution in [0.15, 0.2) is 46.9 Å². The molecule has 0 saturated carbocycles. The summed E-state index contributed by atoms with van der Waals surface area (Å²) < 4.78 is 24.0. The van der Waals surface area contributed by atoms with E-state index in [0.29, 0.717) is 27.8 Å². The molecule has 7 heteroatoms. The van der Waals surface area contributed by atoms with Crippen molar-refractivity contribution < 1.29 is 27.9 Å². The van der Waals surface area contributed by atoms with Crippen molar-refractivity contribution in [2.24, 2.45) is 0 Å². The number of hydrogen-bond acceptors (Lipinski definition) is 5. The lowest BCUT2D eigenvalue weighted by Gasteiger charge is -2.14. The Balaban J connectivity index is 1.75. The van der Waals surface area contributed by atoms with E-state index in [1.165, 1.54) is 32.0 Å². The van der Waals surface area contributed by atoms with Crippen LogP contribution in [0.5, 0.6) is 0 Å².